The van der Waals surface area contributed by atoms with E-state index in [9.17, 15) is 9.59 Å². The van der Waals surface area contributed by atoms with Gasteiger partial charge in [0.1, 0.15) is 28.6 Å². The molecule has 182 valence electrons. The Hall–Kier alpha value is -4.11. The largest absolute Gasteiger partial charge is 0.457 e. The molecule has 4 N–H and O–H groups in total. The van der Waals surface area contributed by atoms with E-state index in [1.165, 1.54) is 0 Å². The first-order valence-electron chi connectivity index (χ1n) is 11.4. The maximum atomic E-state index is 12.5. The molecule has 3 aromatic rings. The van der Waals surface area contributed by atoms with Gasteiger partial charge in [-0.25, -0.2) is 4.68 Å². The fourth-order valence-corrected chi connectivity index (χ4v) is 4.09. The van der Waals surface area contributed by atoms with Crippen molar-refractivity contribution in [2.24, 2.45) is 5.73 Å². The quantitative estimate of drug-likeness (QED) is 0.485. The molecule has 0 aliphatic carbocycles. The van der Waals surface area contributed by atoms with Crippen LogP contribution in [0.15, 0.2) is 66.7 Å². The SMILES string of the molecule is CN(C)CC=CC(=O)N1CCC(n2nc(-c3ccc(Oc4ccccc4)cc3)c(C(N)=O)c2N)C1. The number of nitrogens with zero attached hydrogens (tertiary/aromatic N) is 4. The second-order valence-corrected chi connectivity index (χ2v) is 8.75. The van der Waals surface area contributed by atoms with E-state index >= 15 is 0 Å². The summed E-state index contributed by atoms with van der Waals surface area (Å²) in [6.07, 6.45) is 4.11. The highest BCUT2D eigenvalue weighted by molar-refractivity contribution is 6.03. The molecule has 1 saturated heterocycles. The van der Waals surface area contributed by atoms with Gasteiger partial charge in [-0.1, -0.05) is 24.3 Å². The van der Waals surface area contributed by atoms with Crippen LogP contribution >= 0.6 is 0 Å². The third kappa shape index (κ3) is 5.52. The van der Waals surface area contributed by atoms with Crippen LogP contribution in [-0.4, -0.2) is 65.1 Å². The first kappa shape index (κ1) is 24.0. The second-order valence-electron chi connectivity index (χ2n) is 8.75. The summed E-state index contributed by atoms with van der Waals surface area (Å²) >= 11 is 0. The minimum Gasteiger partial charge on any atom is -0.457 e. The van der Waals surface area contributed by atoms with Crippen LogP contribution in [0.3, 0.4) is 0 Å². The maximum absolute atomic E-state index is 12.5. The highest BCUT2D eigenvalue weighted by Crippen LogP contribution is 2.33. The number of nitrogen functional groups attached to an aromatic ring is 1. The van der Waals surface area contributed by atoms with Gasteiger partial charge < -0.3 is 26.0 Å². The number of benzene rings is 2. The monoisotopic (exact) mass is 474 g/mol. The number of carbonyl (C=O) groups excluding carboxylic acids is 2. The van der Waals surface area contributed by atoms with Crippen molar-refractivity contribution in [3.8, 4) is 22.8 Å². The molecule has 2 amide bonds. The molecule has 2 aromatic carbocycles. The molecule has 0 bridgehead atoms. The zero-order chi connectivity index (χ0) is 24.9. The van der Waals surface area contributed by atoms with Crippen molar-refractivity contribution < 1.29 is 14.3 Å². The summed E-state index contributed by atoms with van der Waals surface area (Å²) in [5.41, 5.74) is 13.3. The molecule has 9 heteroatoms. The van der Waals surface area contributed by atoms with Crippen LogP contribution in [-0.2, 0) is 4.79 Å². The van der Waals surface area contributed by atoms with Crippen molar-refractivity contribution >= 4 is 17.6 Å². The number of likely N-dealkylation sites (tertiary alicyclic amines) is 1. The van der Waals surface area contributed by atoms with Crippen molar-refractivity contribution in [3.63, 3.8) is 0 Å². The van der Waals surface area contributed by atoms with E-state index in [1.54, 1.807) is 27.8 Å². The van der Waals surface area contributed by atoms with Gasteiger partial charge in [-0.2, -0.15) is 5.10 Å². The molecule has 2 heterocycles. The number of carbonyl (C=O) groups is 2. The van der Waals surface area contributed by atoms with Gasteiger partial charge in [0, 0.05) is 31.3 Å². The van der Waals surface area contributed by atoms with Crippen molar-refractivity contribution in [1.29, 1.82) is 0 Å². The number of nitrogens with two attached hydrogens (primary N) is 2. The molecular formula is C26H30N6O3. The van der Waals surface area contributed by atoms with Crippen molar-refractivity contribution in [2.45, 2.75) is 12.5 Å². The summed E-state index contributed by atoms with van der Waals surface area (Å²) in [6.45, 7) is 1.73. The Labute approximate surface area is 204 Å². The van der Waals surface area contributed by atoms with Crippen LogP contribution < -0.4 is 16.2 Å². The van der Waals surface area contributed by atoms with E-state index in [0.29, 0.717) is 43.1 Å². The maximum Gasteiger partial charge on any atom is 0.254 e. The molecule has 35 heavy (non-hydrogen) atoms. The minimum atomic E-state index is -0.647. The van der Waals surface area contributed by atoms with Crippen LogP contribution in [0.5, 0.6) is 11.5 Å². The summed E-state index contributed by atoms with van der Waals surface area (Å²) in [5, 5.41) is 4.66. The Bertz CT molecular complexity index is 1220. The molecule has 9 nitrogen and oxygen atoms in total. The van der Waals surface area contributed by atoms with E-state index in [0.717, 1.165) is 5.75 Å². The van der Waals surface area contributed by atoms with Gasteiger partial charge in [-0.05, 0) is 56.9 Å². The molecule has 1 fully saturated rings. The van der Waals surface area contributed by atoms with E-state index in [-0.39, 0.29) is 23.3 Å². The Morgan fingerprint density at radius 2 is 1.80 bits per heavy atom. The van der Waals surface area contributed by atoms with Crippen molar-refractivity contribution in [3.05, 3.63) is 72.3 Å². The van der Waals surface area contributed by atoms with E-state index in [1.807, 2.05) is 67.5 Å². The standard InChI is InChI=1S/C26H30N6O3/c1-30(2)15-6-9-22(33)31-16-14-19(17-31)32-25(27)23(26(28)34)24(29-32)18-10-12-21(13-11-18)35-20-7-4-3-5-8-20/h3-13,19H,14-17,27H2,1-2H3,(H2,28,34). The number of hydrogen-bond acceptors (Lipinski definition) is 6. The fourth-order valence-electron chi connectivity index (χ4n) is 4.09. The average Bonchev–Trinajstić information content (AvgIpc) is 3.45. The molecule has 1 aliphatic heterocycles. The highest BCUT2D eigenvalue weighted by atomic mass is 16.5. The zero-order valence-corrected chi connectivity index (χ0v) is 19.9. The average molecular weight is 475 g/mol. The molecule has 1 unspecified atom stereocenters. The highest BCUT2D eigenvalue weighted by Gasteiger charge is 2.31. The summed E-state index contributed by atoms with van der Waals surface area (Å²) < 4.78 is 7.47. The number of primary amides is 1. The Morgan fingerprint density at radius 1 is 1.11 bits per heavy atom. The number of amides is 2. The van der Waals surface area contributed by atoms with Gasteiger partial charge in [-0.15, -0.1) is 0 Å². The van der Waals surface area contributed by atoms with Crippen LogP contribution in [0, 0.1) is 0 Å². The van der Waals surface area contributed by atoms with Gasteiger partial charge in [0.05, 0.1) is 6.04 Å². The number of hydrogen-bond donors (Lipinski definition) is 2. The lowest BCUT2D eigenvalue weighted by molar-refractivity contribution is -0.125. The lowest BCUT2D eigenvalue weighted by atomic mass is 10.1. The summed E-state index contributed by atoms with van der Waals surface area (Å²) in [6, 6.07) is 16.6. The molecule has 0 spiro atoms. The Balaban J connectivity index is 1.53. The van der Waals surface area contributed by atoms with Gasteiger partial charge >= 0.3 is 0 Å². The van der Waals surface area contributed by atoms with E-state index in [4.69, 9.17) is 16.2 Å². The number of rotatable bonds is 8. The van der Waals surface area contributed by atoms with Crippen molar-refractivity contribution in [2.75, 3.05) is 39.5 Å². The zero-order valence-electron chi connectivity index (χ0n) is 19.9. The third-order valence-corrected chi connectivity index (χ3v) is 5.85. The normalized spacial score (nSPS) is 15.7. The van der Waals surface area contributed by atoms with Gasteiger partial charge in [0.25, 0.3) is 5.91 Å². The number of likely N-dealkylation sites (N-methyl/N-ethyl adjacent to an activating group) is 1. The smallest absolute Gasteiger partial charge is 0.254 e. The summed E-state index contributed by atoms with van der Waals surface area (Å²) in [5.74, 6) is 0.888. The van der Waals surface area contributed by atoms with E-state index < -0.39 is 5.91 Å². The molecule has 1 atom stereocenters. The van der Waals surface area contributed by atoms with E-state index in [2.05, 4.69) is 5.10 Å². The third-order valence-electron chi connectivity index (χ3n) is 5.85. The van der Waals surface area contributed by atoms with Crippen LogP contribution in [0.1, 0.15) is 22.8 Å². The number of para-hydroxylation sites is 1. The molecule has 0 radical (unpaired) electrons. The number of aromatic nitrogens is 2. The molecule has 4 rings (SSSR count). The number of anilines is 1. The molecule has 0 saturated carbocycles. The van der Waals surface area contributed by atoms with Gasteiger partial charge in [0.2, 0.25) is 5.91 Å². The molecule has 1 aliphatic rings. The fraction of sp³-hybridized carbons (Fsp3) is 0.269. The predicted octanol–water partition coefficient (Wildman–Crippen LogP) is 2.91. The Morgan fingerprint density at radius 3 is 2.46 bits per heavy atom. The first-order valence-corrected chi connectivity index (χ1v) is 11.4. The Kier molecular flexibility index (Phi) is 7.17. The lowest BCUT2D eigenvalue weighted by Gasteiger charge is -2.16. The summed E-state index contributed by atoms with van der Waals surface area (Å²) in [4.78, 5) is 28.6. The van der Waals surface area contributed by atoms with Crippen molar-refractivity contribution in [1.82, 2.24) is 19.6 Å². The van der Waals surface area contributed by atoms with Crippen LogP contribution in [0.4, 0.5) is 5.82 Å². The van der Waals surface area contributed by atoms with Gasteiger partial charge in [0.15, 0.2) is 0 Å². The number of ether oxygens (including phenoxy) is 1. The van der Waals surface area contributed by atoms with Gasteiger partial charge in [-0.3, -0.25) is 9.59 Å². The first-order chi connectivity index (χ1) is 16.8. The van der Waals surface area contributed by atoms with Crippen LogP contribution in [0.2, 0.25) is 0 Å². The minimum absolute atomic E-state index is 0.0515. The molecular weight excluding hydrogens is 444 g/mol. The lowest BCUT2D eigenvalue weighted by Crippen LogP contribution is -2.28. The summed E-state index contributed by atoms with van der Waals surface area (Å²) in [7, 11) is 3.89. The molecule has 1 aromatic heterocycles. The predicted molar refractivity (Wildman–Crippen MR) is 135 cm³/mol. The second kappa shape index (κ2) is 10.4. The topological polar surface area (TPSA) is 120 Å². The van der Waals surface area contributed by atoms with Crippen LogP contribution in [0.25, 0.3) is 11.3 Å².